The Morgan fingerprint density at radius 2 is 1.40 bits per heavy atom. The lowest BCUT2D eigenvalue weighted by molar-refractivity contribution is -0.0144. The van der Waals surface area contributed by atoms with Crippen LogP contribution in [-0.4, -0.2) is 49.4 Å². The molecule has 1 aliphatic rings. The molecular formula is C28H38F2N2O3. The molecule has 0 aromatic heterocycles. The number of carbonyl (C=O) groups is 1. The van der Waals surface area contributed by atoms with Gasteiger partial charge in [-0.05, 0) is 86.6 Å². The highest BCUT2D eigenvalue weighted by Gasteiger charge is 2.41. The van der Waals surface area contributed by atoms with E-state index < -0.39 is 5.60 Å². The smallest absolute Gasteiger partial charge is 0.406 e. The van der Waals surface area contributed by atoms with E-state index in [0.717, 1.165) is 58.2 Å². The van der Waals surface area contributed by atoms with Crippen LogP contribution in [0.25, 0.3) is 0 Å². The van der Waals surface area contributed by atoms with E-state index in [0.29, 0.717) is 17.7 Å². The first kappa shape index (κ1) is 27.1. The number of carbonyl (C=O) groups excluding carboxylic acids is 1. The van der Waals surface area contributed by atoms with Crippen molar-refractivity contribution >= 4 is 6.09 Å². The van der Waals surface area contributed by atoms with Gasteiger partial charge in [0, 0.05) is 7.05 Å². The van der Waals surface area contributed by atoms with Crippen molar-refractivity contribution < 1.29 is 23.4 Å². The zero-order chi connectivity index (χ0) is 25.1. The van der Waals surface area contributed by atoms with Crippen molar-refractivity contribution in [3.05, 3.63) is 71.3 Å². The number of aliphatic hydroxyl groups is 1. The van der Waals surface area contributed by atoms with Crippen LogP contribution < -0.4 is 5.32 Å². The number of alkyl carbamates (subject to hydrolysis) is 1. The van der Waals surface area contributed by atoms with Crippen molar-refractivity contribution in [2.45, 2.75) is 57.0 Å². The maximum atomic E-state index is 13.6. The highest BCUT2D eigenvalue weighted by Crippen LogP contribution is 2.42. The standard InChI is InChI=1S/C28H38F2N2O3/c1-31-27(33)35-21-7-5-3-2-4-6-18-32-19-16-24(17-20-32)28(34,22-8-12-25(29)13-9-22)23-10-14-26(30)15-11-23/h8-15,24,34H,2-7,16-21H2,1H3,(H,31,33). The number of ether oxygens (including phenoxy) is 1. The fourth-order valence-corrected chi connectivity index (χ4v) is 5.00. The van der Waals surface area contributed by atoms with E-state index >= 15 is 0 Å². The molecule has 3 rings (SSSR count). The van der Waals surface area contributed by atoms with Crippen molar-refractivity contribution in [3.63, 3.8) is 0 Å². The van der Waals surface area contributed by atoms with Crippen molar-refractivity contribution in [3.8, 4) is 0 Å². The van der Waals surface area contributed by atoms with Crippen LogP contribution in [0.4, 0.5) is 13.6 Å². The van der Waals surface area contributed by atoms with E-state index in [-0.39, 0.29) is 23.6 Å². The summed E-state index contributed by atoms with van der Waals surface area (Å²) in [7, 11) is 1.56. The number of hydrogen-bond donors (Lipinski definition) is 2. The summed E-state index contributed by atoms with van der Waals surface area (Å²) in [5.74, 6) is -0.726. The number of hydrogen-bond acceptors (Lipinski definition) is 4. The quantitative estimate of drug-likeness (QED) is 0.381. The predicted octanol–water partition coefficient (Wildman–Crippen LogP) is 5.61. The minimum atomic E-state index is -1.28. The van der Waals surface area contributed by atoms with Gasteiger partial charge in [0.2, 0.25) is 0 Å². The SMILES string of the molecule is CNC(=O)OCCCCCCCCN1CCC(C(O)(c2ccc(F)cc2)c2ccc(F)cc2)CC1. The lowest BCUT2D eigenvalue weighted by Gasteiger charge is -2.42. The van der Waals surface area contributed by atoms with Crippen LogP contribution in [0.3, 0.4) is 0 Å². The molecule has 0 aliphatic carbocycles. The normalized spacial score (nSPS) is 15.2. The zero-order valence-corrected chi connectivity index (χ0v) is 20.6. The van der Waals surface area contributed by atoms with E-state index in [4.69, 9.17) is 4.74 Å². The zero-order valence-electron chi connectivity index (χ0n) is 20.6. The van der Waals surface area contributed by atoms with Crippen molar-refractivity contribution in [1.82, 2.24) is 10.2 Å². The third-order valence-electron chi connectivity index (χ3n) is 7.05. The Hall–Kier alpha value is -2.51. The summed E-state index contributed by atoms with van der Waals surface area (Å²) in [5.41, 5.74) is 0.00372. The van der Waals surface area contributed by atoms with Gasteiger partial charge in [-0.15, -0.1) is 0 Å². The van der Waals surface area contributed by atoms with Crippen molar-refractivity contribution in [1.29, 1.82) is 0 Å². The Morgan fingerprint density at radius 1 is 0.914 bits per heavy atom. The average molecular weight is 489 g/mol. The summed E-state index contributed by atoms with van der Waals surface area (Å²) in [5, 5.41) is 14.4. The molecule has 0 bridgehead atoms. The summed E-state index contributed by atoms with van der Waals surface area (Å²) in [6.45, 7) is 3.30. The third-order valence-corrected chi connectivity index (χ3v) is 7.05. The predicted molar refractivity (Wildman–Crippen MR) is 133 cm³/mol. The van der Waals surface area contributed by atoms with E-state index in [9.17, 15) is 18.7 Å². The Kier molecular flexibility index (Phi) is 10.5. The fraction of sp³-hybridized carbons (Fsp3) is 0.536. The summed E-state index contributed by atoms with van der Waals surface area (Å²) in [6.07, 6.45) is 7.84. The van der Waals surface area contributed by atoms with Crippen LogP contribution in [0.1, 0.15) is 62.5 Å². The van der Waals surface area contributed by atoms with Crippen molar-refractivity contribution in [2.24, 2.45) is 5.92 Å². The molecule has 0 atom stereocenters. The molecule has 1 fully saturated rings. The first-order valence-corrected chi connectivity index (χ1v) is 12.7. The van der Waals surface area contributed by atoms with Gasteiger partial charge < -0.3 is 20.1 Å². The van der Waals surface area contributed by atoms with Gasteiger partial charge in [-0.1, -0.05) is 49.9 Å². The number of nitrogens with zero attached hydrogens (tertiary/aromatic N) is 1. The van der Waals surface area contributed by atoms with E-state index in [2.05, 4.69) is 10.2 Å². The number of rotatable bonds is 12. The summed E-state index contributed by atoms with van der Waals surface area (Å²) in [4.78, 5) is 13.4. The van der Waals surface area contributed by atoms with E-state index in [1.54, 1.807) is 31.3 Å². The monoisotopic (exact) mass is 488 g/mol. The average Bonchev–Trinajstić information content (AvgIpc) is 2.88. The van der Waals surface area contributed by atoms with Gasteiger partial charge in [0.05, 0.1) is 6.61 Å². The van der Waals surface area contributed by atoms with Crippen LogP contribution in [0, 0.1) is 17.6 Å². The third kappa shape index (κ3) is 7.74. The molecule has 1 amide bonds. The number of nitrogens with one attached hydrogen (secondary N) is 1. The number of likely N-dealkylation sites (tertiary alicyclic amines) is 1. The molecule has 1 aliphatic heterocycles. The minimum absolute atomic E-state index is 0.0355. The van der Waals surface area contributed by atoms with Crippen LogP contribution in [-0.2, 0) is 10.3 Å². The van der Waals surface area contributed by atoms with E-state index in [1.165, 1.54) is 37.1 Å². The molecule has 192 valence electrons. The first-order chi connectivity index (χ1) is 16.9. The Labute approximate surface area is 207 Å². The van der Waals surface area contributed by atoms with Crippen LogP contribution in [0.5, 0.6) is 0 Å². The van der Waals surface area contributed by atoms with Crippen molar-refractivity contribution in [2.75, 3.05) is 33.3 Å². The van der Waals surface area contributed by atoms with Gasteiger partial charge in [-0.25, -0.2) is 13.6 Å². The molecule has 0 radical (unpaired) electrons. The van der Waals surface area contributed by atoms with Crippen LogP contribution in [0.15, 0.2) is 48.5 Å². The maximum Gasteiger partial charge on any atom is 0.406 e. The van der Waals surface area contributed by atoms with E-state index in [1.807, 2.05) is 0 Å². The Bertz CT molecular complexity index is 852. The molecule has 7 heteroatoms. The second-order valence-corrected chi connectivity index (χ2v) is 9.40. The largest absolute Gasteiger partial charge is 0.450 e. The molecule has 35 heavy (non-hydrogen) atoms. The van der Waals surface area contributed by atoms with Gasteiger partial charge in [0.15, 0.2) is 0 Å². The molecule has 1 saturated heterocycles. The maximum absolute atomic E-state index is 13.6. The lowest BCUT2D eigenvalue weighted by atomic mass is 9.72. The number of piperidine rings is 1. The second kappa shape index (κ2) is 13.5. The van der Waals surface area contributed by atoms with Gasteiger partial charge in [-0.2, -0.15) is 0 Å². The van der Waals surface area contributed by atoms with Gasteiger partial charge in [0.25, 0.3) is 0 Å². The van der Waals surface area contributed by atoms with Gasteiger partial charge in [0.1, 0.15) is 17.2 Å². The van der Waals surface area contributed by atoms with Crippen LogP contribution >= 0.6 is 0 Å². The summed E-state index contributed by atoms with van der Waals surface area (Å²) >= 11 is 0. The number of halogens is 2. The summed E-state index contributed by atoms with van der Waals surface area (Å²) in [6, 6.07) is 12.0. The molecule has 2 aromatic carbocycles. The molecule has 0 spiro atoms. The molecule has 0 saturated carbocycles. The Balaban J connectivity index is 1.45. The van der Waals surface area contributed by atoms with Gasteiger partial charge in [-0.3, -0.25) is 0 Å². The molecule has 0 unspecified atom stereocenters. The molecule has 2 N–H and O–H groups in total. The molecule has 1 heterocycles. The molecular weight excluding hydrogens is 450 g/mol. The van der Waals surface area contributed by atoms with Crippen LogP contribution in [0.2, 0.25) is 0 Å². The molecule has 5 nitrogen and oxygen atoms in total. The summed E-state index contributed by atoms with van der Waals surface area (Å²) < 4.78 is 32.1. The lowest BCUT2D eigenvalue weighted by Crippen LogP contribution is -2.44. The fourth-order valence-electron chi connectivity index (χ4n) is 5.00. The first-order valence-electron chi connectivity index (χ1n) is 12.7. The minimum Gasteiger partial charge on any atom is -0.450 e. The number of amides is 1. The topological polar surface area (TPSA) is 61.8 Å². The highest BCUT2D eigenvalue weighted by atomic mass is 19.1. The second-order valence-electron chi connectivity index (χ2n) is 9.40. The number of unbranched alkanes of at least 4 members (excludes halogenated alkanes) is 5. The highest BCUT2D eigenvalue weighted by molar-refractivity contribution is 5.66. The molecule has 2 aromatic rings. The van der Waals surface area contributed by atoms with Gasteiger partial charge >= 0.3 is 6.09 Å². The Morgan fingerprint density at radius 3 is 1.91 bits per heavy atom. The number of benzene rings is 2.